The summed E-state index contributed by atoms with van der Waals surface area (Å²) in [6.07, 6.45) is 10.2. The molecular weight excluding hydrogens is 1880 g/mol. The summed E-state index contributed by atoms with van der Waals surface area (Å²) in [5.74, 6) is 0.399. The molecule has 0 aromatic carbocycles. The van der Waals surface area contributed by atoms with Crippen LogP contribution in [0.2, 0.25) is 0 Å². The van der Waals surface area contributed by atoms with Gasteiger partial charge in [0.1, 0.15) is 0 Å². The van der Waals surface area contributed by atoms with Crippen molar-refractivity contribution in [3.63, 3.8) is 0 Å². The molecule has 5 aliphatic heterocycles. The summed E-state index contributed by atoms with van der Waals surface area (Å²) >= 11 is 0. The van der Waals surface area contributed by atoms with E-state index in [1.54, 1.807) is 34.6 Å². The third kappa shape index (κ3) is 39.2. The molecular formula is C69H153N13O35P10. The maximum atomic E-state index is 12.3. The highest BCUT2D eigenvalue weighted by atomic mass is 31.3. The number of hydrogen-bond acceptors (Lipinski definition) is 23. The van der Waals surface area contributed by atoms with Gasteiger partial charge in [-0.1, -0.05) is 0 Å². The molecule has 0 aliphatic carbocycles. The average molecular weight is 2030 g/mol. The van der Waals surface area contributed by atoms with Crippen LogP contribution in [-0.2, 0) is 69.6 Å². The highest BCUT2D eigenvalue weighted by Crippen LogP contribution is 2.71. The molecule has 0 aromatic heterocycles. The molecule has 754 valence electrons. The Morgan fingerprint density at radius 1 is 0.236 bits per heavy atom. The number of nitrogens with one attached hydrogen (secondary N) is 5. The average Bonchev–Trinajstić information content (AvgIpc) is 0.750. The zero-order valence-corrected chi connectivity index (χ0v) is 87.7. The van der Waals surface area contributed by atoms with E-state index >= 15 is 0 Å². The van der Waals surface area contributed by atoms with Crippen LogP contribution in [0.15, 0.2) is 0 Å². The van der Waals surface area contributed by atoms with Gasteiger partial charge < -0.3 is 124 Å². The summed E-state index contributed by atoms with van der Waals surface area (Å²) in [6, 6.07) is 1.54. The first kappa shape index (κ1) is 126. The molecule has 0 atom stereocenters. The summed E-state index contributed by atoms with van der Waals surface area (Å²) in [5.41, 5.74) is -18.5. The number of likely N-dealkylation sites (tertiary alicyclic amines) is 5. The Labute approximate surface area is 747 Å². The molecule has 0 saturated carbocycles. The van der Waals surface area contributed by atoms with Gasteiger partial charge >= 0.3 is 76.0 Å². The van der Waals surface area contributed by atoms with Crippen LogP contribution in [0.5, 0.6) is 0 Å². The molecule has 0 unspecified atom stereocenters. The van der Waals surface area contributed by atoms with E-state index in [4.69, 9.17) is 0 Å². The van der Waals surface area contributed by atoms with E-state index in [0.717, 1.165) is 64.2 Å². The highest BCUT2D eigenvalue weighted by Gasteiger charge is 2.62. The summed E-state index contributed by atoms with van der Waals surface area (Å²) in [7, 11) is -55.3. The molecule has 48 nitrogen and oxygen atoms in total. The van der Waals surface area contributed by atoms with E-state index in [1.165, 1.54) is 0 Å². The van der Waals surface area contributed by atoms with Gasteiger partial charge in [-0.2, -0.15) is 0 Å². The molecule has 0 aromatic rings. The van der Waals surface area contributed by atoms with E-state index in [2.05, 4.69) is 225 Å². The van der Waals surface area contributed by atoms with Crippen molar-refractivity contribution in [1.29, 1.82) is 0 Å². The van der Waals surface area contributed by atoms with Crippen LogP contribution in [0.25, 0.3) is 0 Å². The number of piperidine rings is 5. The number of amides is 5. The minimum atomic E-state index is -6.63. The standard InChI is InChI=1S/5C12H24N2O.C9H33N3O30P10/c5*1-9(15)13-10-7-11(2,3)14(6)12(4,5)8-10;13-43(14,15)5(44(16,17)18)10(1-3-11(6(45(19,20)21)46(22,23)24)7(47(25,26)27)48(28,29)30)2-4-12(8(49(31,32)33)50(34,35)36)9(51(37,38)39)52(40,41)42/h5*10H,7-8H2,1-6H3,(H,13,15);5-9H,1-4H2,(H2,13,14,15)(H2,16,17,18)(H2,19,20,21)(H2,22,23,24)(H2,25,26,27)(H2,28,29,30)(H2,31,32,33)(H2,34,35,36)(H2,37,38,39)(H2,40,41,42). The lowest BCUT2D eigenvalue weighted by Gasteiger charge is -2.53. The Kier molecular flexibility index (Phi) is 44.0. The Balaban J connectivity index is 0.00000170. The molecule has 5 fully saturated rings. The molecule has 127 heavy (non-hydrogen) atoms. The van der Waals surface area contributed by atoms with Gasteiger partial charge in [0.15, 0.2) is 0 Å². The van der Waals surface area contributed by atoms with Gasteiger partial charge in [-0.25, -0.2) is 0 Å². The number of rotatable bonds is 26. The van der Waals surface area contributed by atoms with E-state index in [1.807, 2.05) is 0 Å². The monoisotopic (exact) mass is 2030 g/mol. The van der Waals surface area contributed by atoms with Gasteiger partial charge in [0.25, 0.3) is 0 Å². The van der Waals surface area contributed by atoms with E-state index in [0.29, 0.717) is 30.2 Å². The normalized spacial score (nSPS) is 22.0. The minimum Gasteiger partial charge on any atom is -0.353 e. The van der Waals surface area contributed by atoms with E-state index in [9.17, 15) is 167 Å². The van der Waals surface area contributed by atoms with Gasteiger partial charge in [-0.05, 0) is 238 Å². The third-order valence-electron chi connectivity index (χ3n) is 24.4. The topological polar surface area (TPSA) is 747 Å². The second-order valence-corrected chi connectivity index (χ2v) is 58.8. The zero-order chi connectivity index (χ0) is 102. The molecule has 5 amide bonds. The van der Waals surface area contributed by atoms with Crippen molar-refractivity contribution >= 4 is 105 Å². The Hall–Kier alpha value is -1.47. The quantitative estimate of drug-likeness (QED) is 0.0545. The lowest BCUT2D eigenvalue weighted by atomic mass is 9.77. The molecule has 0 radical (unpaired) electrons. The lowest BCUT2D eigenvalue weighted by Crippen LogP contribution is -2.62. The smallest absolute Gasteiger partial charge is 0.353 e. The fourth-order valence-electron chi connectivity index (χ4n) is 18.3. The molecule has 0 bridgehead atoms. The minimum absolute atomic E-state index is 0.0798. The molecule has 5 aliphatic rings. The lowest BCUT2D eigenvalue weighted by molar-refractivity contribution is -0.122. The molecule has 5 saturated heterocycles. The molecule has 5 rings (SSSR count). The van der Waals surface area contributed by atoms with Crippen LogP contribution in [0, 0.1) is 0 Å². The Bertz CT molecular complexity index is 3540. The zero-order valence-electron chi connectivity index (χ0n) is 78.8. The van der Waals surface area contributed by atoms with Gasteiger partial charge in [0.2, 0.25) is 57.2 Å². The SMILES string of the molecule is CC(=O)NC1CC(C)(C)N(C)C(C)(C)C1.CC(=O)NC1CC(C)(C)N(C)C(C)(C)C1.CC(=O)NC1CC(C)(C)N(C)C(C)(C)C1.CC(=O)NC1CC(C)(C)N(C)C(C)(C)C1.CC(=O)NC1CC(C)(C)N(C)C(C)(C)C1.O=P(O)(O)C(N(CCN(C(P(=O)(O)O)P(=O)(O)O)C(P(=O)(O)O)P(=O)(O)O)CCN(C(P(=O)(O)O)P(=O)(O)O)C(P(=O)(O)O)P(=O)(O)O)P(=O)(O)O. The number of carbonyl (C=O) groups excluding carboxylic acids is 5. The number of hydrogen-bond donors (Lipinski definition) is 25. The van der Waals surface area contributed by atoms with Gasteiger partial charge in [0, 0.05) is 146 Å². The predicted octanol–water partition coefficient (Wildman–Crippen LogP) is 3.96. The predicted molar refractivity (Wildman–Crippen MR) is 478 cm³/mol. The summed E-state index contributed by atoms with van der Waals surface area (Å²) < 4.78 is 121. The van der Waals surface area contributed by atoms with Crippen LogP contribution in [0.1, 0.15) is 237 Å². The van der Waals surface area contributed by atoms with Crippen molar-refractivity contribution in [2.75, 3.05) is 61.4 Å². The summed E-state index contributed by atoms with van der Waals surface area (Å²) in [5, 5.41) is 15.2. The van der Waals surface area contributed by atoms with Gasteiger partial charge in [0.05, 0.1) is 0 Å². The largest absolute Gasteiger partial charge is 0.355 e. The number of nitrogens with zero attached hydrogens (tertiary/aromatic N) is 8. The van der Waals surface area contributed by atoms with Gasteiger partial charge in [-0.3, -0.25) is 109 Å². The van der Waals surface area contributed by atoms with Crippen LogP contribution in [-0.4, -0.2) is 341 Å². The highest BCUT2D eigenvalue weighted by molar-refractivity contribution is 7.73. The van der Waals surface area contributed by atoms with Crippen LogP contribution in [0.3, 0.4) is 0 Å². The van der Waals surface area contributed by atoms with Crippen molar-refractivity contribution in [2.24, 2.45) is 0 Å². The van der Waals surface area contributed by atoms with Crippen molar-refractivity contribution in [3.8, 4) is 0 Å². The first-order chi connectivity index (χ1) is 55.4. The summed E-state index contributed by atoms with van der Waals surface area (Å²) in [6.45, 7) is 44.2. The van der Waals surface area contributed by atoms with Gasteiger partial charge in [-0.15, -0.1) is 0 Å². The third-order valence-corrected chi connectivity index (χ3v) is 42.5. The first-order valence-corrected chi connectivity index (χ1v) is 57.1. The van der Waals surface area contributed by atoms with Crippen LogP contribution in [0.4, 0.5) is 0 Å². The summed E-state index contributed by atoms with van der Waals surface area (Å²) in [4.78, 5) is 258. The maximum Gasteiger partial charge on any atom is 0.355 e. The molecule has 0 spiro atoms. The fraction of sp³-hybridized carbons (Fsp3) is 0.928. The van der Waals surface area contributed by atoms with Crippen molar-refractivity contribution in [2.45, 2.75) is 351 Å². The van der Waals surface area contributed by atoms with Crippen molar-refractivity contribution < 1.29 is 167 Å². The molecule has 25 N–H and O–H groups in total. The first-order valence-electron chi connectivity index (χ1n) is 40.3. The molecule has 5 heterocycles. The van der Waals surface area contributed by atoms with Crippen LogP contribution < -0.4 is 26.6 Å². The fourth-order valence-corrected chi connectivity index (χ4v) is 33.4. The Morgan fingerprint density at radius 3 is 0.425 bits per heavy atom. The van der Waals surface area contributed by atoms with E-state index < -0.39 is 144 Å². The van der Waals surface area contributed by atoms with E-state index in [-0.39, 0.29) is 84.9 Å². The second-order valence-electron chi connectivity index (χ2n) is 40.1. The Morgan fingerprint density at radius 2 is 0.339 bits per heavy atom. The number of carbonyl (C=O) groups is 5. The van der Waals surface area contributed by atoms with Crippen molar-refractivity contribution in [3.05, 3.63) is 0 Å². The second kappa shape index (κ2) is 44.6. The van der Waals surface area contributed by atoms with Crippen LogP contribution >= 0.6 is 76.0 Å². The maximum absolute atomic E-state index is 12.3. The molecule has 58 heteroatoms. The van der Waals surface area contributed by atoms with Crippen molar-refractivity contribution in [1.82, 2.24) is 65.8 Å².